The molecule has 2 saturated heterocycles. The Labute approximate surface area is 194 Å². The van der Waals surface area contributed by atoms with Crippen LogP contribution in [0.25, 0.3) is 0 Å². The van der Waals surface area contributed by atoms with Crippen molar-refractivity contribution in [2.24, 2.45) is 5.92 Å². The van der Waals surface area contributed by atoms with Gasteiger partial charge in [-0.1, -0.05) is 63.9 Å². The van der Waals surface area contributed by atoms with Crippen LogP contribution < -0.4 is 5.32 Å². The molecule has 1 spiro atoms. The minimum atomic E-state index is -0.635. The molecule has 2 aliphatic heterocycles. The van der Waals surface area contributed by atoms with Crippen LogP contribution in [0.1, 0.15) is 77.7 Å². The summed E-state index contributed by atoms with van der Waals surface area (Å²) in [5, 5.41) is 3.11. The average Bonchev–Trinajstić information content (AvgIpc) is 2.79. The second-order valence-corrected chi connectivity index (χ2v) is 10.2. The Morgan fingerprint density at radius 3 is 2.38 bits per heavy atom. The van der Waals surface area contributed by atoms with Crippen LogP contribution in [-0.2, 0) is 16.0 Å². The standard InChI is InChI=1S/C27H43N3O2/c1-4-5-18-30-25(31)24(21-22(2)3)28-26(32)27(30)15-19-29(20-16-27)17-11-7-10-14-23-12-8-6-9-13-23/h6,8-9,12-13,22,24H,4-5,7,10-11,14-21H2,1-3H3,(H,28,32)/t24-/m0/s1. The fourth-order valence-corrected chi connectivity index (χ4v) is 5.28. The molecule has 178 valence electrons. The molecule has 0 unspecified atom stereocenters. The SMILES string of the molecule is CCCCN1C(=O)[C@H](CC(C)C)NC(=O)C12CCN(CCCCCc1ccccc1)CC2. The van der Waals surface area contributed by atoms with Crippen LogP contribution in [0.15, 0.2) is 30.3 Å². The number of carbonyl (C=O) groups excluding carboxylic acids is 2. The Morgan fingerprint density at radius 1 is 1.00 bits per heavy atom. The highest BCUT2D eigenvalue weighted by molar-refractivity contribution is 6.00. The average molecular weight is 442 g/mol. The number of aryl methyl sites for hydroxylation is 1. The van der Waals surface area contributed by atoms with E-state index in [1.807, 2.05) is 4.90 Å². The molecule has 1 aromatic rings. The molecule has 5 nitrogen and oxygen atoms in total. The van der Waals surface area contributed by atoms with Crippen LogP contribution >= 0.6 is 0 Å². The van der Waals surface area contributed by atoms with E-state index < -0.39 is 5.54 Å². The number of rotatable bonds is 11. The largest absolute Gasteiger partial charge is 0.342 e. The van der Waals surface area contributed by atoms with Crippen molar-refractivity contribution in [1.29, 1.82) is 0 Å². The number of nitrogens with one attached hydrogen (secondary N) is 1. The fraction of sp³-hybridized carbons (Fsp3) is 0.704. The first-order valence-electron chi connectivity index (χ1n) is 12.8. The van der Waals surface area contributed by atoms with Gasteiger partial charge in [0.15, 0.2) is 0 Å². The lowest BCUT2D eigenvalue weighted by Crippen LogP contribution is -2.73. The van der Waals surface area contributed by atoms with Gasteiger partial charge in [-0.2, -0.15) is 0 Å². The van der Waals surface area contributed by atoms with Crippen LogP contribution in [0.2, 0.25) is 0 Å². The molecule has 0 aliphatic carbocycles. The summed E-state index contributed by atoms with van der Waals surface area (Å²) >= 11 is 0. The molecule has 0 saturated carbocycles. The van der Waals surface area contributed by atoms with Crippen molar-refractivity contribution < 1.29 is 9.59 Å². The third-order valence-corrected chi connectivity index (χ3v) is 7.22. The maximum Gasteiger partial charge on any atom is 0.246 e. The van der Waals surface area contributed by atoms with E-state index >= 15 is 0 Å². The topological polar surface area (TPSA) is 52.7 Å². The third kappa shape index (κ3) is 6.12. The summed E-state index contributed by atoms with van der Waals surface area (Å²) in [6.07, 6.45) is 9.02. The summed E-state index contributed by atoms with van der Waals surface area (Å²) in [5.41, 5.74) is 0.784. The molecule has 5 heteroatoms. The highest BCUT2D eigenvalue weighted by Gasteiger charge is 2.53. The van der Waals surface area contributed by atoms with E-state index in [1.54, 1.807) is 0 Å². The summed E-state index contributed by atoms with van der Waals surface area (Å²) in [6, 6.07) is 10.3. The molecule has 2 amide bonds. The van der Waals surface area contributed by atoms with Gasteiger partial charge in [0.05, 0.1) is 0 Å². The van der Waals surface area contributed by atoms with Gasteiger partial charge in [0.2, 0.25) is 11.8 Å². The van der Waals surface area contributed by atoms with E-state index in [2.05, 4.69) is 61.3 Å². The van der Waals surface area contributed by atoms with Gasteiger partial charge >= 0.3 is 0 Å². The van der Waals surface area contributed by atoms with Gasteiger partial charge in [-0.25, -0.2) is 0 Å². The summed E-state index contributed by atoms with van der Waals surface area (Å²) in [6.45, 7) is 9.96. The quantitative estimate of drug-likeness (QED) is 0.518. The summed E-state index contributed by atoms with van der Waals surface area (Å²) in [7, 11) is 0. The fourth-order valence-electron chi connectivity index (χ4n) is 5.28. The maximum atomic E-state index is 13.3. The number of piperidine rings is 1. The number of piperazine rings is 1. The first-order valence-corrected chi connectivity index (χ1v) is 12.8. The lowest BCUT2D eigenvalue weighted by Gasteiger charge is -2.52. The summed E-state index contributed by atoms with van der Waals surface area (Å²) < 4.78 is 0. The zero-order chi connectivity index (χ0) is 23.0. The van der Waals surface area contributed by atoms with Crippen molar-refractivity contribution >= 4 is 11.8 Å². The molecule has 2 aliphatic rings. The highest BCUT2D eigenvalue weighted by Crippen LogP contribution is 2.34. The van der Waals surface area contributed by atoms with E-state index in [-0.39, 0.29) is 17.9 Å². The summed E-state index contributed by atoms with van der Waals surface area (Å²) in [5.74, 6) is 0.609. The van der Waals surface area contributed by atoms with Gasteiger partial charge in [-0.3, -0.25) is 9.59 Å². The van der Waals surface area contributed by atoms with Crippen molar-refractivity contribution in [3.63, 3.8) is 0 Å². The van der Waals surface area contributed by atoms with Crippen LogP contribution in [0.3, 0.4) is 0 Å². The monoisotopic (exact) mass is 441 g/mol. The first kappa shape index (κ1) is 24.8. The molecular formula is C27H43N3O2. The van der Waals surface area contributed by atoms with E-state index in [0.717, 1.165) is 58.2 Å². The molecule has 1 atom stereocenters. The van der Waals surface area contributed by atoms with Gasteiger partial charge in [0, 0.05) is 19.6 Å². The first-order chi connectivity index (χ1) is 15.5. The number of unbranched alkanes of at least 4 members (excludes halogenated alkanes) is 3. The molecule has 3 rings (SSSR count). The number of nitrogens with zero attached hydrogens (tertiary/aromatic N) is 2. The predicted octanol–water partition coefficient (Wildman–Crippen LogP) is 4.41. The Hall–Kier alpha value is -1.88. The van der Waals surface area contributed by atoms with Crippen molar-refractivity contribution in [3.8, 4) is 0 Å². The van der Waals surface area contributed by atoms with Crippen molar-refractivity contribution in [2.75, 3.05) is 26.2 Å². The van der Waals surface area contributed by atoms with Gasteiger partial charge in [-0.05, 0) is 63.0 Å². The van der Waals surface area contributed by atoms with Gasteiger partial charge in [-0.15, -0.1) is 0 Å². The normalized spacial score (nSPS) is 21.4. The zero-order valence-electron chi connectivity index (χ0n) is 20.4. The Kier molecular flexibility index (Phi) is 9.15. The maximum absolute atomic E-state index is 13.3. The minimum Gasteiger partial charge on any atom is -0.342 e. The van der Waals surface area contributed by atoms with Crippen molar-refractivity contribution in [3.05, 3.63) is 35.9 Å². The van der Waals surface area contributed by atoms with E-state index in [1.165, 1.54) is 24.8 Å². The molecule has 0 bridgehead atoms. The Balaban J connectivity index is 1.50. The van der Waals surface area contributed by atoms with Crippen molar-refractivity contribution in [2.45, 2.75) is 90.1 Å². The number of amides is 2. The number of benzene rings is 1. The second kappa shape index (κ2) is 11.8. The molecule has 32 heavy (non-hydrogen) atoms. The van der Waals surface area contributed by atoms with E-state index in [0.29, 0.717) is 12.5 Å². The number of likely N-dealkylation sites (tertiary alicyclic amines) is 1. The van der Waals surface area contributed by atoms with Gasteiger partial charge in [0.1, 0.15) is 11.6 Å². The van der Waals surface area contributed by atoms with Crippen LogP contribution in [0, 0.1) is 5.92 Å². The lowest BCUT2D eigenvalue weighted by atomic mass is 9.80. The highest BCUT2D eigenvalue weighted by atomic mass is 16.2. The zero-order valence-corrected chi connectivity index (χ0v) is 20.4. The molecule has 1 aromatic carbocycles. The predicted molar refractivity (Wildman–Crippen MR) is 130 cm³/mol. The molecule has 2 heterocycles. The third-order valence-electron chi connectivity index (χ3n) is 7.22. The van der Waals surface area contributed by atoms with Gasteiger partial charge < -0.3 is 15.1 Å². The Bertz CT molecular complexity index is 726. The molecule has 1 N–H and O–H groups in total. The molecule has 0 aromatic heterocycles. The number of hydrogen-bond donors (Lipinski definition) is 1. The lowest BCUT2D eigenvalue weighted by molar-refractivity contribution is -0.161. The van der Waals surface area contributed by atoms with Crippen molar-refractivity contribution in [1.82, 2.24) is 15.1 Å². The van der Waals surface area contributed by atoms with E-state index in [4.69, 9.17) is 0 Å². The van der Waals surface area contributed by atoms with E-state index in [9.17, 15) is 9.59 Å². The minimum absolute atomic E-state index is 0.0846. The molecule has 2 fully saturated rings. The van der Waals surface area contributed by atoms with Crippen LogP contribution in [0.5, 0.6) is 0 Å². The smallest absolute Gasteiger partial charge is 0.246 e. The molecule has 0 radical (unpaired) electrons. The number of hydrogen-bond acceptors (Lipinski definition) is 3. The van der Waals surface area contributed by atoms with Gasteiger partial charge in [0.25, 0.3) is 0 Å². The number of carbonyl (C=O) groups is 2. The second-order valence-electron chi connectivity index (χ2n) is 10.2. The van der Waals surface area contributed by atoms with Crippen LogP contribution in [-0.4, -0.2) is 59.4 Å². The Morgan fingerprint density at radius 2 is 1.72 bits per heavy atom. The molecular weight excluding hydrogens is 398 g/mol. The van der Waals surface area contributed by atoms with Crippen LogP contribution in [0.4, 0.5) is 0 Å². The summed E-state index contributed by atoms with van der Waals surface area (Å²) in [4.78, 5) is 31.1.